The minimum Gasteiger partial charge on any atom is -0.0936 e. The van der Waals surface area contributed by atoms with Gasteiger partial charge in [0.05, 0.1) is 0 Å². The fraction of sp³-hybridized carbons (Fsp3) is 1.00. The highest BCUT2D eigenvalue weighted by molar-refractivity contribution is 7.61. The lowest BCUT2D eigenvalue weighted by Gasteiger charge is -2.69. The molecule has 17 aliphatic rings. The number of hydrogen-bond acceptors (Lipinski definition) is 0. The first-order chi connectivity index (χ1) is 25.2. The number of hydrogen-bond donors (Lipinski definition) is 0. The van der Waals surface area contributed by atoms with Crippen LogP contribution in [0.15, 0.2) is 0 Å². The zero-order valence-electron chi connectivity index (χ0n) is 33.9. The van der Waals surface area contributed by atoms with Gasteiger partial charge in [-0.25, -0.2) is 0 Å². The summed E-state index contributed by atoms with van der Waals surface area (Å²) in [4.78, 5) is 0. The third kappa shape index (κ3) is 5.14. The van der Waals surface area contributed by atoms with E-state index in [1.165, 1.54) is 0 Å². The molecule has 0 aliphatic heterocycles. The Kier molecular flexibility index (Phi) is 7.63. The van der Waals surface area contributed by atoms with Gasteiger partial charge in [0.15, 0.2) is 0 Å². The molecule has 16 bridgehead atoms. The van der Waals surface area contributed by atoms with Crippen molar-refractivity contribution in [3.8, 4) is 0 Å². The van der Waals surface area contributed by atoms with Crippen LogP contribution in [-0.2, 0) is 0 Å². The molecule has 0 nitrogen and oxygen atoms in total. The van der Waals surface area contributed by atoms with Crippen molar-refractivity contribution in [3.63, 3.8) is 0 Å². The largest absolute Gasteiger partial charge is 0.0936 e. The lowest BCUT2D eigenvalue weighted by Crippen LogP contribution is -2.58. The van der Waals surface area contributed by atoms with Crippen LogP contribution in [0.5, 0.6) is 0 Å². The smallest absolute Gasteiger partial charge is 0.00814 e. The Morgan fingerprint density at radius 2 is 0.462 bits per heavy atom. The second kappa shape index (κ2) is 11.7. The Hall–Kier alpha value is 0.860. The quantitative estimate of drug-likeness (QED) is 0.217. The van der Waals surface area contributed by atoms with Gasteiger partial charge in [0.25, 0.3) is 0 Å². The summed E-state index contributed by atoms with van der Waals surface area (Å²) in [7, 11) is 0.273. The predicted molar refractivity (Wildman–Crippen MR) is 222 cm³/mol. The third-order valence-corrected chi connectivity index (χ3v) is 30.6. The van der Waals surface area contributed by atoms with Crippen molar-refractivity contribution in [3.05, 3.63) is 0 Å². The molecule has 17 saturated carbocycles. The average Bonchev–Trinajstić information content (AvgIpc) is 3.05. The van der Waals surface area contributed by atoms with Gasteiger partial charge in [0, 0.05) is 0 Å². The molecule has 17 aliphatic carbocycles. The lowest BCUT2D eigenvalue weighted by molar-refractivity contribution is 0.0166. The monoisotopic (exact) mass is 741 g/mol. The fourth-order valence-electron chi connectivity index (χ4n) is 22.1. The Labute approximate surface area is 323 Å². The van der Waals surface area contributed by atoms with E-state index in [9.17, 15) is 0 Å². The second-order valence-electron chi connectivity index (χ2n) is 25.7. The summed E-state index contributed by atoms with van der Waals surface area (Å²) in [5.41, 5.74) is 0. The van der Waals surface area contributed by atoms with Crippen LogP contribution >= 0.6 is 15.8 Å². The first-order valence-corrected chi connectivity index (χ1v) is 27.8. The molecule has 0 radical (unpaired) electrons. The Morgan fingerprint density at radius 1 is 0.288 bits per heavy atom. The maximum atomic E-state index is 2.76. The van der Waals surface area contributed by atoms with E-state index >= 15 is 0 Å². The summed E-state index contributed by atoms with van der Waals surface area (Å²) in [5.74, 6) is 17.9. The standard InChI is InChI=1S/C50H78P2/c1-31-3-45(29-51(47-17-33-5-34(18-47)7-35(6-33)19-47)48-20-36-8-37(21-48)10-38(9-36)22-48)46(4-32(31)2)30-52(49-23-39-11-40(24-49)13-41(12-39)25-49)50-26-42-14-43(27-50)16-44(15-42)28-50/h31-46H,3-30H2,1-2H3/t31?,32?,33?,34?,35?,36?,37?,38?,39?,40?,41?,42?,43?,44?,45-,46+,47?,48?,49?,50?,51?,52?. The Balaban J connectivity index is 0.885. The average molecular weight is 741 g/mol. The van der Waals surface area contributed by atoms with Crippen LogP contribution in [0.4, 0.5) is 0 Å². The first kappa shape index (κ1) is 33.8. The van der Waals surface area contributed by atoms with Gasteiger partial charge in [-0.2, -0.15) is 0 Å². The van der Waals surface area contributed by atoms with Crippen LogP contribution in [-0.4, -0.2) is 32.9 Å². The van der Waals surface area contributed by atoms with E-state index in [-0.39, 0.29) is 15.8 Å². The molecule has 17 rings (SSSR count). The molecule has 0 amide bonds. The molecule has 0 aromatic heterocycles. The summed E-state index contributed by atoms with van der Waals surface area (Å²) in [6.07, 6.45) is 47.5. The highest BCUT2D eigenvalue weighted by atomic mass is 31.1. The van der Waals surface area contributed by atoms with Gasteiger partial charge in [-0.15, -0.1) is 0 Å². The lowest BCUT2D eigenvalue weighted by atomic mass is 9.55. The molecule has 52 heavy (non-hydrogen) atoms. The highest BCUT2D eigenvalue weighted by Gasteiger charge is 2.65. The molecule has 0 saturated heterocycles. The van der Waals surface area contributed by atoms with Gasteiger partial charge < -0.3 is 0 Å². The molecule has 0 spiro atoms. The van der Waals surface area contributed by atoms with Crippen LogP contribution in [0, 0.1) is 94.7 Å². The van der Waals surface area contributed by atoms with Crippen molar-refractivity contribution in [1.82, 2.24) is 0 Å². The normalized spacial score (nSPS) is 62.7. The molecular weight excluding hydrogens is 662 g/mol. The van der Waals surface area contributed by atoms with Crippen LogP contribution in [0.25, 0.3) is 0 Å². The molecule has 288 valence electrons. The van der Waals surface area contributed by atoms with Crippen LogP contribution < -0.4 is 0 Å². The molecular formula is C50H78P2. The SMILES string of the molecule is CC1C[C@H](CP(C23CC4CC(CC(C4)C2)C3)C23CC4CC(CC(C4)C2)C3)[C@H](CP(C23CC4CC(CC(C4)C2)C3)C23CC4CC(CC(C4)C2)C3)CC1C. The summed E-state index contributed by atoms with van der Waals surface area (Å²) in [5, 5.41) is 3.32. The van der Waals surface area contributed by atoms with Gasteiger partial charge in [0.1, 0.15) is 0 Å². The molecule has 0 heterocycles. The van der Waals surface area contributed by atoms with Crippen molar-refractivity contribution in [1.29, 1.82) is 0 Å². The topological polar surface area (TPSA) is 0 Å². The Morgan fingerprint density at radius 3 is 0.635 bits per heavy atom. The van der Waals surface area contributed by atoms with Crippen molar-refractivity contribution in [2.45, 2.75) is 201 Å². The van der Waals surface area contributed by atoms with Gasteiger partial charge in [-0.1, -0.05) is 29.7 Å². The zero-order valence-corrected chi connectivity index (χ0v) is 35.7. The maximum absolute atomic E-state index is 2.76. The van der Waals surface area contributed by atoms with Crippen molar-refractivity contribution in [2.24, 2.45) is 94.7 Å². The minimum atomic E-state index is 0.136. The Bertz CT molecular complexity index is 1090. The van der Waals surface area contributed by atoms with E-state index < -0.39 is 0 Å². The summed E-state index contributed by atoms with van der Waals surface area (Å²) in [6.45, 7) is 5.51. The second-order valence-corrected chi connectivity index (χ2v) is 32.0. The first-order valence-electron chi connectivity index (χ1n) is 24.7. The summed E-state index contributed by atoms with van der Waals surface area (Å²) < 4.78 is 0. The van der Waals surface area contributed by atoms with E-state index in [2.05, 4.69) is 13.8 Å². The summed E-state index contributed by atoms with van der Waals surface area (Å²) in [6, 6.07) is 0. The molecule has 0 N–H and O–H groups in total. The molecule has 2 heteroatoms. The van der Waals surface area contributed by atoms with Crippen LogP contribution in [0.2, 0.25) is 0 Å². The van der Waals surface area contributed by atoms with E-state index in [1.54, 1.807) is 179 Å². The van der Waals surface area contributed by atoms with E-state index in [0.29, 0.717) is 0 Å². The van der Waals surface area contributed by atoms with Gasteiger partial charge >= 0.3 is 0 Å². The van der Waals surface area contributed by atoms with Crippen LogP contribution in [0.1, 0.15) is 181 Å². The van der Waals surface area contributed by atoms with Crippen molar-refractivity contribution >= 4 is 15.8 Å². The van der Waals surface area contributed by atoms with E-state index in [1.807, 2.05) is 0 Å². The van der Waals surface area contributed by atoms with Crippen LogP contribution in [0.3, 0.4) is 0 Å². The molecule has 2 unspecified atom stereocenters. The highest BCUT2D eigenvalue weighted by Crippen LogP contribution is 2.82. The van der Waals surface area contributed by atoms with Gasteiger partial charge in [0.2, 0.25) is 0 Å². The molecule has 17 fully saturated rings. The third-order valence-electron chi connectivity index (χ3n) is 22.1. The molecule has 0 aromatic carbocycles. The van der Waals surface area contributed by atoms with Gasteiger partial charge in [-0.3, -0.25) is 0 Å². The molecule has 0 aromatic rings. The zero-order chi connectivity index (χ0) is 34.2. The van der Waals surface area contributed by atoms with Crippen molar-refractivity contribution in [2.75, 3.05) is 12.3 Å². The van der Waals surface area contributed by atoms with E-state index in [0.717, 1.165) is 115 Å². The van der Waals surface area contributed by atoms with Gasteiger partial charge in [-0.05, 0) is 295 Å². The summed E-state index contributed by atoms with van der Waals surface area (Å²) >= 11 is 0. The number of rotatable bonds is 8. The van der Waals surface area contributed by atoms with E-state index in [4.69, 9.17) is 0 Å². The maximum Gasteiger partial charge on any atom is -0.00814 e. The molecule has 4 atom stereocenters. The minimum absolute atomic E-state index is 0.136. The fourth-order valence-corrected chi connectivity index (χ4v) is 33.2. The van der Waals surface area contributed by atoms with Crippen molar-refractivity contribution < 1.29 is 0 Å². The predicted octanol–water partition coefficient (Wildman–Crippen LogP) is 14.1.